The molecule has 3 rings (SSSR count). The van der Waals surface area contributed by atoms with E-state index in [4.69, 9.17) is 0 Å². The van der Waals surface area contributed by atoms with Crippen LogP contribution in [0.3, 0.4) is 0 Å². The minimum absolute atomic E-state index is 0.452. The molecule has 3 aliphatic rings. The van der Waals surface area contributed by atoms with Crippen molar-refractivity contribution in [3.8, 4) is 0 Å². The molecule has 1 heteroatoms. The predicted octanol–water partition coefficient (Wildman–Crippen LogP) is 3.02. The molecule has 0 saturated heterocycles. The van der Waals surface area contributed by atoms with Crippen molar-refractivity contribution < 1.29 is 4.79 Å². The maximum absolute atomic E-state index is 11.4. The zero-order chi connectivity index (χ0) is 9.10. The monoisotopic (exact) mass is 176 g/mol. The summed E-state index contributed by atoms with van der Waals surface area (Å²) in [6, 6.07) is 0. The summed E-state index contributed by atoms with van der Waals surface area (Å²) in [6.07, 6.45) is 12.8. The number of hydrogen-bond donors (Lipinski definition) is 0. The molecule has 0 radical (unpaired) electrons. The lowest BCUT2D eigenvalue weighted by molar-refractivity contribution is -0.119. The van der Waals surface area contributed by atoms with Gasteiger partial charge in [-0.2, -0.15) is 0 Å². The lowest BCUT2D eigenvalue weighted by atomic mass is 9.86. The third-order valence-corrected chi connectivity index (χ3v) is 2.94. The van der Waals surface area contributed by atoms with Crippen LogP contribution in [0.15, 0.2) is 23.8 Å². The fourth-order valence-corrected chi connectivity index (χ4v) is 2.11. The van der Waals surface area contributed by atoms with Crippen LogP contribution in [0.25, 0.3) is 0 Å². The van der Waals surface area contributed by atoms with Crippen molar-refractivity contribution in [3.63, 3.8) is 0 Å². The molecule has 0 spiro atoms. The van der Waals surface area contributed by atoms with E-state index in [9.17, 15) is 4.79 Å². The first-order chi connectivity index (χ1) is 6.34. The van der Waals surface area contributed by atoms with Crippen molar-refractivity contribution in [1.82, 2.24) is 0 Å². The Labute approximate surface area is 79.5 Å². The van der Waals surface area contributed by atoms with E-state index in [1.54, 1.807) is 0 Å². The van der Waals surface area contributed by atoms with Crippen LogP contribution >= 0.6 is 0 Å². The number of allylic oxidation sites excluding steroid dienone is 4. The number of ketones is 1. The SMILES string of the molecule is O=C1CCC/C=C2/C=C[C@H](CC2)C1. The molecule has 0 heterocycles. The van der Waals surface area contributed by atoms with E-state index in [1.807, 2.05) is 0 Å². The second-order valence-corrected chi connectivity index (χ2v) is 4.07. The molecule has 0 aromatic heterocycles. The van der Waals surface area contributed by atoms with Gasteiger partial charge in [0.1, 0.15) is 5.78 Å². The Balaban J connectivity index is 2.13. The van der Waals surface area contributed by atoms with Gasteiger partial charge >= 0.3 is 0 Å². The van der Waals surface area contributed by atoms with Gasteiger partial charge in [-0.1, -0.05) is 23.8 Å². The van der Waals surface area contributed by atoms with Gasteiger partial charge < -0.3 is 0 Å². The second kappa shape index (κ2) is 3.91. The highest BCUT2D eigenvalue weighted by molar-refractivity contribution is 5.78. The van der Waals surface area contributed by atoms with Crippen LogP contribution in [-0.4, -0.2) is 5.78 Å². The predicted molar refractivity (Wildman–Crippen MR) is 53.4 cm³/mol. The zero-order valence-corrected chi connectivity index (χ0v) is 7.96. The van der Waals surface area contributed by atoms with E-state index in [0.29, 0.717) is 11.7 Å². The molecule has 0 aliphatic heterocycles. The van der Waals surface area contributed by atoms with Gasteiger partial charge in [-0.05, 0) is 31.6 Å². The summed E-state index contributed by atoms with van der Waals surface area (Å²) < 4.78 is 0. The van der Waals surface area contributed by atoms with Crippen LogP contribution in [0.2, 0.25) is 0 Å². The Morgan fingerprint density at radius 3 is 3.00 bits per heavy atom. The largest absolute Gasteiger partial charge is 0.300 e. The Bertz CT molecular complexity index is 260. The van der Waals surface area contributed by atoms with Crippen molar-refractivity contribution in [2.24, 2.45) is 5.92 Å². The first-order valence-electron chi connectivity index (χ1n) is 5.23. The van der Waals surface area contributed by atoms with Gasteiger partial charge in [0.2, 0.25) is 0 Å². The molecule has 13 heavy (non-hydrogen) atoms. The van der Waals surface area contributed by atoms with Crippen molar-refractivity contribution in [2.75, 3.05) is 0 Å². The second-order valence-electron chi connectivity index (χ2n) is 4.07. The Kier molecular flexibility index (Phi) is 2.62. The van der Waals surface area contributed by atoms with Gasteiger partial charge in [0.15, 0.2) is 0 Å². The fourth-order valence-electron chi connectivity index (χ4n) is 2.11. The van der Waals surface area contributed by atoms with E-state index in [-0.39, 0.29) is 0 Å². The number of fused-ring (bicyclic) bond motifs is 6. The van der Waals surface area contributed by atoms with E-state index >= 15 is 0 Å². The first-order valence-corrected chi connectivity index (χ1v) is 5.23. The van der Waals surface area contributed by atoms with Gasteiger partial charge in [-0.25, -0.2) is 0 Å². The third-order valence-electron chi connectivity index (χ3n) is 2.94. The Morgan fingerprint density at radius 2 is 2.23 bits per heavy atom. The lowest BCUT2D eigenvalue weighted by Crippen LogP contribution is -2.10. The third kappa shape index (κ3) is 2.30. The molecule has 1 nitrogen and oxygen atoms in total. The summed E-state index contributed by atoms with van der Waals surface area (Å²) in [7, 11) is 0. The van der Waals surface area contributed by atoms with Gasteiger partial charge in [-0.3, -0.25) is 4.79 Å². The average molecular weight is 176 g/mol. The topological polar surface area (TPSA) is 17.1 Å². The molecule has 2 bridgehead atoms. The molecule has 1 atom stereocenters. The molecule has 0 N–H and O–H groups in total. The highest BCUT2D eigenvalue weighted by Crippen LogP contribution is 2.26. The van der Waals surface area contributed by atoms with Crippen molar-refractivity contribution in [1.29, 1.82) is 0 Å². The van der Waals surface area contributed by atoms with Gasteiger partial charge in [-0.15, -0.1) is 0 Å². The summed E-state index contributed by atoms with van der Waals surface area (Å²) in [5, 5.41) is 0. The van der Waals surface area contributed by atoms with Crippen LogP contribution in [0.1, 0.15) is 38.5 Å². The zero-order valence-electron chi connectivity index (χ0n) is 7.96. The molecule has 3 aliphatic carbocycles. The summed E-state index contributed by atoms with van der Waals surface area (Å²) in [5.41, 5.74) is 1.48. The summed E-state index contributed by atoms with van der Waals surface area (Å²) >= 11 is 0. The van der Waals surface area contributed by atoms with E-state index in [2.05, 4.69) is 18.2 Å². The van der Waals surface area contributed by atoms with Crippen LogP contribution < -0.4 is 0 Å². The summed E-state index contributed by atoms with van der Waals surface area (Å²) in [5.74, 6) is 0.983. The van der Waals surface area contributed by atoms with E-state index in [1.165, 1.54) is 18.4 Å². The number of Topliss-reactive ketones (excluding diaryl/α,β-unsaturated/α-hetero) is 1. The molecule has 0 amide bonds. The van der Waals surface area contributed by atoms with Crippen molar-refractivity contribution in [3.05, 3.63) is 23.8 Å². The maximum atomic E-state index is 11.4. The van der Waals surface area contributed by atoms with E-state index < -0.39 is 0 Å². The van der Waals surface area contributed by atoms with E-state index in [0.717, 1.165) is 25.7 Å². The first kappa shape index (κ1) is 8.74. The normalized spacial score (nSPS) is 32.8. The van der Waals surface area contributed by atoms with Gasteiger partial charge in [0, 0.05) is 12.8 Å². The smallest absolute Gasteiger partial charge is 0.133 e. The standard InChI is InChI=1S/C12H16O/c13-12-4-2-1-3-10-5-7-11(9-12)8-6-10/h3,5,7,11H,1-2,4,6,8-9H2/b10-3-/t11-/m1/s1. The highest BCUT2D eigenvalue weighted by Gasteiger charge is 2.15. The number of rotatable bonds is 0. The fraction of sp³-hybridized carbons (Fsp3) is 0.583. The quantitative estimate of drug-likeness (QED) is 0.554. The molecular weight excluding hydrogens is 160 g/mol. The number of carbonyl (C=O) groups excluding carboxylic acids is 1. The molecule has 0 unspecified atom stereocenters. The number of carbonyl (C=O) groups is 1. The maximum Gasteiger partial charge on any atom is 0.133 e. The minimum Gasteiger partial charge on any atom is -0.300 e. The van der Waals surface area contributed by atoms with Gasteiger partial charge in [0.05, 0.1) is 0 Å². The van der Waals surface area contributed by atoms with Crippen LogP contribution in [-0.2, 0) is 4.79 Å². The number of hydrogen-bond acceptors (Lipinski definition) is 1. The van der Waals surface area contributed by atoms with Crippen molar-refractivity contribution in [2.45, 2.75) is 38.5 Å². The van der Waals surface area contributed by atoms with Crippen LogP contribution in [0.5, 0.6) is 0 Å². The Hall–Kier alpha value is -0.850. The van der Waals surface area contributed by atoms with Gasteiger partial charge in [0.25, 0.3) is 0 Å². The minimum atomic E-state index is 0.452. The molecule has 0 fully saturated rings. The molecule has 70 valence electrons. The Morgan fingerprint density at radius 1 is 1.31 bits per heavy atom. The van der Waals surface area contributed by atoms with Crippen LogP contribution in [0.4, 0.5) is 0 Å². The van der Waals surface area contributed by atoms with Crippen molar-refractivity contribution >= 4 is 5.78 Å². The lowest BCUT2D eigenvalue weighted by Gasteiger charge is -2.18. The van der Waals surface area contributed by atoms with Crippen LogP contribution in [0, 0.1) is 5.92 Å². The highest BCUT2D eigenvalue weighted by atomic mass is 16.1. The average Bonchev–Trinajstić information content (AvgIpc) is 2.16. The molecule has 0 saturated carbocycles. The molecular formula is C12H16O. The summed E-state index contributed by atoms with van der Waals surface area (Å²) in [6.45, 7) is 0. The summed E-state index contributed by atoms with van der Waals surface area (Å²) in [4.78, 5) is 11.4. The molecule has 0 aromatic rings. The molecule has 0 aromatic carbocycles.